The first kappa shape index (κ1) is 22.6. The molecule has 0 unspecified atom stereocenters. The molecule has 30 heavy (non-hydrogen) atoms. The van der Waals surface area contributed by atoms with E-state index in [9.17, 15) is 9.18 Å². The first-order chi connectivity index (χ1) is 14.1. The number of hydrogen-bond donors (Lipinski definition) is 1. The standard InChI is InChI=1S/C21H24BrClFN3O3/c1-21(2,3)30-20(28)25-14-5-6-27(11-14)18-8-12(7-17(23)26-18)15-9-13(24)10-16(22)19(15)29-4/h7-10,14H,5-6,11H2,1-4H3,(H,25,28)/t14-/m0/s1. The highest BCUT2D eigenvalue weighted by Gasteiger charge is 2.27. The number of carbonyl (C=O) groups is 1. The Kier molecular flexibility index (Phi) is 6.77. The van der Waals surface area contributed by atoms with E-state index in [1.807, 2.05) is 31.7 Å². The minimum absolute atomic E-state index is 0.0677. The molecule has 1 amide bonds. The van der Waals surface area contributed by atoms with E-state index in [2.05, 4.69) is 26.2 Å². The van der Waals surface area contributed by atoms with E-state index in [0.29, 0.717) is 40.3 Å². The highest BCUT2D eigenvalue weighted by atomic mass is 79.9. The van der Waals surface area contributed by atoms with Gasteiger partial charge in [-0.3, -0.25) is 0 Å². The normalized spacial score (nSPS) is 16.5. The van der Waals surface area contributed by atoms with E-state index in [-0.39, 0.29) is 11.2 Å². The Morgan fingerprint density at radius 2 is 2.07 bits per heavy atom. The molecule has 9 heteroatoms. The van der Waals surface area contributed by atoms with Crippen LogP contribution in [0, 0.1) is 5.82 Å². The van der Waals surface area contributed by atoms with Crippen molar-refractivity contribution in [2.24, 2.45) is 0 Å². The monoisotopic (exact) mass is 499 g/mol. The third-order valence-electron chi connectivity index (χ3n) is 4.54. The summed E-state index contributed by atoms with van der Waals surface area (Å²) in [5, 5.41) is 3.18. The Balaban J connectivity index is 1.81. The van der Waals surface area contributed by atoms with Gasteiger partial charge in [-0.1, -0.05) is 11.6 Å². The van der Waals surface area contributed by atoms with Crippen LogP contribution in [0.25, 0.3) is 11.1 Å². The Morgan fingerprint density at radius 3 is 2.73 bits per heavy atom. The molecule has 1 aliphatic rings. The van der Waals surface area contributed by atoms with Crippen LogP contribution in [0.1, 0.15) is 27.2 Å². The number of pyridine rings is 1. The third-order valence-corrected chi connectivity index (χ3v) is 5.32. The van der Waals surface area contributed by atoms with Gasteiger partial charge in [-0.25, -0.2) is 14.2 Å². The zero-order valence-corrected chi connectivity index (χ0v) is 19.6. The quantitative estimate of drug-likeness (QED) is 0.568. The lowest BCUT2D eigenvalue weighted by Gasteiger charge is -2.22. The number of anilines is 1. The Morgan fingerprint density at radius 1 is 1.33 bits per heavy atom. The minimum atomic E-state index is -0.552. The van der Waals surface area contributed by atoms with Crippen molar-refractivity contribution in [1.29, 1.82) is 0 Å². The summed E-state index contributed by atoms with van der Waals surface area (Å²) >= 11 is 9.61. The number of hydrogen-bond acceptors (Lipinski definition) is 5. The van der Waals surface area contributed by atoms with Crippen LogP contribution in [0.4, 0.5) is 15.0 Å². The van der Waals surface area contributed by atoms with Crippen molar-refractivity contribution in [3.63, 3.8) is 0 Å². The van der Waals surface area contributed by atoms with Crippen molar-refractivity contribution in [2.45, 2.75) is 38.8 Å². The fourth-order valence-electron chi connectivity index (χ4n) is 3.34. The number of nitrogens with one attached hydrogen (secondary N) is 1. The predicted molar refractivity (Wildman–Crippen MR) is 119 cm³/mol. The SMILES string of the molecule is COc1c(Br)cc(F)cc1-c1cc(Cl)nc(N2CC[C@H](NC(=O)OC(C)(C)C)C2)c1. The number of amides is 1. The third kappa shape index (κ3) is 5.55. The second-order valence-corrected chi connectivity index (χ2v) is 9.32. The number of rotatable bonds is 4. The summed E-state index contributed by atoms with van der Waals surface area (Å²) in [5.41, 5.74) is 0.701. The van der Waals surface area contributed by atoms with Gasteiger partial charge in [0, 0.05) is 18.7 Å². The highest BCUT2D eigenvalue weighted by Crippen LogP contribution is 2.39. The van der Waals surface area contributed by atoms with Crippen LogP contribution < -0.4 is 15.0 Å². The molecule has 1 aliphatic heterocycles. The summed E-state index contributed by atoms with van der Waals surface area (Å²) in [4.78, 5) is 18.5. The molecule has 0 bridgehead atoms. The Labute approximate surface area is 188 Å². The van der Waals surface area contributed by atoms with Crippen molar-refractivity contribution in [3.05, 3.63) is 39.7 Å². The molecule has 2 aromatic rings. The molecule has 162 valence electrons. The number of halogens is 3. The zero-order chi connectivity index (χ0) is 22.1. The molecule has 3 rings (SSSR count). The van der Waals surface area contributed by atoms with Crippen LogP contribution in [0.15, 0.2) is 28.7 Å². The van der Waals surface area contributed by atoms with Crippen LogP contribution in [0.2, 0.25) is 5.15 Å². The first-order valence-corrected chi connectivity index (χ1v) is 10.7. The molecular formula is C21H24BrClFN3O3. The Bertz CT molecular complexity index is 952. The number of ether oxygens (including phenoxy) is 2. The number of alkyl carbamates (subject to hydrolysis) is 1. The predicted octanol–water partition coefficient (Wildman–Crippen LogP) is 5.42. The molecule has 1 aromatic heterocycles. The summed E-state index contributed by atoms with van der Waals surface area (Å²) in [7, 11) is 1.53. The van der Waals surface area contributed by atoms with Gasteiger partial charge in [0.2, 0.25) is 0 Å². The van der Waals surface area contributed by atoms with E-state index < -0.39 is 17.5 Å². The number of benzene rings is 1. The molecule has 1 atom stereocenters. The molecule has 1 saturated heterocycles. The fourth-order valence-corrected chi connectivity index (χ4v) is 4.14. The van der Waals surface area contributed by atoms with Gasteiger partial charge < -0.3 is 19.7 Å². The van der Waals surface area contributed by atoms with Crippen molar-refractivity contribution in [1.82, 2.24) is 10.3 Å². The smallest absolute Gasteiger partial charge is 0.407 e. The largest absolute Gasteiger partial charge is 0.495 e. The maximum atomic E-state index is 14.0. The lowest BCUT2D eigenvalue weighted by Crippen LogP contribution is -2.40. The second kappa shape index (κ2) is 8.98. The highest BCUT2D eigenvalue weighted by molar-refractivity contribution is 9.10. The number of methoxy groups -OCH3 is 1. The molecule has 0 radical (unpaired) electrons. The maximum Gasteiger partial charge on any atom is 0.407 e. The maximum absolute atomic E-state index is 14.0. The number of carbonyl (C=O) groups excluding carboxylic acids is 1. The van der Waals surface area contributed by atoms with Crippen molar-refractivity contribution < 1.29 is 18.7 Å². The minimum Gasteiger partial charge on any atom is -0.495 e. The lowest BCUT2D eigenvalue weighted by molar-refractivity contribution is 0.0509. The van der Waals surface area contributed by atoms with E-state index in [4.69, 9.17) is 21.1 Å². The molecule has 6 nitrogen and oxygen atoms in total. The van der Waals surface area contributed by atoms with Crippen LogP contribution in [-0.4, -0.2) is 42.9 Å². The van der Waals surface area contributed by atoms with E-state index in [1.165, 1.54) is 19.2 Å². The van der Waals surface area contributed by atoms with Gasteiger partial charge in [-0.05, 0) is 73.0 Å². The molecular weight excluding hydrogens is 477 g/mol. The van der Waals surface area contributed by atoms with Gasteiger partial charge in [0.05, 0.1) is 17.6 Å². The second-order valence-electron chi connectivity index (χ2n) is 8.08. The summed E-state index contributed by atoms with van der Waals surface area (Å²) in [6.07, 6.45) is 0.306. The van der Waals surface area contributed by atoms with E-state index in [1.54, 1.807) is 6.07 Å². The van der Waals surface area contributed by atoms with Gasteiger partial charge in [0.1, 0.15) is 28.1 Å². The zero-order valence-electron chi connectivity index (χ0n) is 17.3. The average molecular weight is 501 g/mol. The van der Waals surface area contributed by atoms with Gasteiger partial charge in [0.15, 0.2) is 0 Å². The van der Waals surface area contributed by atoms with Crippen LogP contribution >= 0.6 is 27.5 Å². The molecule has 0 spiro atoms. The molecule has 1 fully saturated rings. The van der Waals surface area contributed by atoms with Crippen LogP contribution in [-0.2, 0) is 4.74 Å². The average Bonchev–Trinajstić information content (AvgIpc) is 3.07. The van der Waals surface area contributed by atoms with Crippen LogP contribution in [0.3, 0.4) is 0 Å². The number of nitrogens with zero attached hydrogens (tertiary/aromatic N) is 2. The molecule has 2 heterocycles. The van der Waals surface area contributed by atoms with Gasteiger partial charge in [-0.2, -0.15) is 0 Å². The Hall–Kier alpha value is -2.06. The molecule has 1 N–H and O–H groups in total. The topological polar surface area (TPSA) is 63.7 Å². The van der Waals surface area contributed by atoms with Gasteiger partial charge in [-0.15, -0.1) is 0 Å². The fraction of sp³-hybridized carbons (Fsp3) is 0.429. The van der Waals surface area contributed by atoms with E-state index in [0.717, 1.165) is 6.42 Å². The summed E-state index contributed by atoms with van der Waals surface area (Å²) in [6, 6.07) is 6.18. The molecule has 0 aliphatic carbocycles. The summed E-state index contributed by atoms with van der Waals surface area (Å²) < 4.78 is 25.3. The van der Waals surface area contributed by atoms with Gasteiger partial charge >= 0.3 is 6.09 Å². The van der Waals surface area contributed by atoms with Crippen molar-refractivity contribution in [2.75, 3.05) is 25.1 Å². The van der Waals surface area contributed by atoms with Crippen molar-refractivity contribution >= 4 is 39.4 Å². The van der Waals surface area contributed by atoms with Crippen molar-refractivity contribution in [3.8, 4) is 16.9 Å². The first-order valence-electron chi connectivity index (χ1n) is 9.51. The summed E-state index contributed by atoms with van der Waals surface area (Å²) in [6.45, 7) is 6.73. The summed E-state index contributed by atoms with van der Waals surface area (Å²) in [5.74, 6) is 0.763. The lowest BCUT2D eigenvalue weighted by atomic mass is 10.1. The van der Waals surface area contributed by atoms with Gasteiger partial charge in [0.25, 0.3) is 0 Å². The number of aromatic nitrogens is 1. The molecule has 0 saturated carbocycles. The van der Waals surface area contributed by atoms with Crippen LogP contribution in [0.5, 0.6) is 5.75 Å². The molecule has 1 aromatic carbocycles. The van der Waals surface area contributed by atoms with E-state index >= 15 is 0 Å².